The van der Waals surface area contributed by atoms with E-state index in [1.807, 2.05) is 31.8 Å². The van der Waals surface area contributed by atoms with E-state index in [0.29, 0.717) is 12.0 Å². The molecule has 0 spiro atoms. The largest absolute Gasteiger partial charge is 0.468 e. The summed E-state index contributed by atoms with van der Waals surface area (Å²) in [4.78, 5) is 1.23. The third-order valence-electron chi connectivity index (χ3n) is 3.57. The van der Waals surface area contributed by atoms with Gasteiger partial charge in [0.2, 0.25) is 0 Å². The summed E-state index contributed by atoms with van der Waals surface area (Å²) in [5.74, 6) is 2.58. The van der Waals surface area contributed by atoms with E-state index in [0.717, 1.165) is 11.5 Å². The first kappa shape index (κ1) is 15.2. The Morgan fingerprint density at radius 2 is 1.75 bits per heavy atom. The summed E-state index contributed by atoms with van der Waals surface area (Å²) in [6.45, 7) is 6.46. The normalized spacial score (nSPS) is 12.8. The van der Waals surface area contributed by atoms with Gasteiger partial charge in [-0.1, -0.05) is 38.1 Å². The van der Waals surface area contributed by atoms with Crippen molar-refractivity contribution in [2.24, 2.45) is 0 Å². The van der Waals surface area contributed by atoms with E-state index in [-0.39, 0.29) is 0 Å². The van der Waals surface area contributed by atoms with E-state index in [4.69, 9.17) is 4.42 Å². The van der Waals surface area contributed by atoms with Crippen LogP contribution in [0.3, 0.4) is 0 Å². The summed E-state index contributed by atoms with van der Waals surface area (Å²) in [7, 11) is 2.02. The summed E-state index contributed by atoms with van der Waals surface area (Å²) in [6, 6.07) is 11.3. The molecule has 3 heteroatoms. The van der Waals surface area contributed by atoms with Gasteiger partial charge in [-0.2, -0.15) is 0 Å². The molecule has 2 aromatic rings. The van der Waals surface area contributed by atoms with Crippen molar-refractivity contribution in [3.8, 4) is 0 Å². The molecule has 1 heterocycles. The van der Waals surface area contributed by atoms with Crippen molar-refractivity contribution in [2.45, 2.75) is 37.6 Å². The topological polar surface area (TPSA) is 25.2 Å². The lowest BCUT2D eigenvalue weighted by molar-refractivity contribution is 0.526. The third-order valence-corrected chi connectivity index (χ3v) is 4.81. The second-order valence-corrected chi connectivity index (χ2v) is 6.38. The average molecular weight is 289 g/mol. The number of furan rings is 1. The Morgan fingerprint density at radius 1 is 1.10 bits per heavy atom. The number of hydrogen-bond donors (Lipinski definition) is 1. The molecule has 0 radical (unpaired) electrons. The minimum atomic E-state index is 0.357. The van der Waals surface area contributed by atoms with E-state index in [1.165, 1.54) is 16.0 Å². The molecular weight excluding hydrogens is 266 g/mol. The number of hydrogen-bond acceptors (Lipinski definition) is 3. The highest BCUT2D eigenvalue weighted by atomic mass is 32.2. The molecule has 0 aliphatic rings. The smallest absolute Gasteiger partial charge is 0.114 e. The first-order valence-corrected chi connectivity index (χ1v) is 8.04. The molecule has 0 saturated heterocycles. The van der Waals surface area contributed by atoms with Crippen LogP contribution in [0, 0.1) is 6.92 Å². The Hall–Kier alpha value is -1.19. The molecule has 1 atom stereocenters. The van der Waals surface area contributed by atoms with Crippen LogP contribution in [0.15, 0.2) is 45.9 Å². The zero-order chi connectivity index (χ0) is 14.5. The van der Waals surface area contributed by atoms with Crippen LogP contribution < -0.4 is 5.32 Å². The monoisotopic (exact) mass is 289 g/mol. The van der Waals surface area contributed by atoms with Crippen molar-refractivity contribution >= 4 is 11.8 Å². The molecule has 1 N–H and O–H groups in total. The molecule has 2 nitrogen and oxygen atoms in total. The van der Waals surface area contributed by atoms with Crippen molar-refractivity contribution in [3.63, 3.8) is 0 Å². The Balaban J connectivity index is 2.02. The molecular formula is C17H23NOS. The maximum absolute atomic E-state index is 5.34. The number of aryl methyl sites for hydroxylation is 1. The van der Waals surface area contributed by atoms with Gasteiger partial charge in [0.05, 0.1) is 6.26 Å². The molecule has 0 aliphatic carbocycles. The Labute approximate surface area is 126 Å². The fourth-order valence-corrected chi connectivity index (χ4v) is 3.26. The Kier molecular flexibility index (Phi) is 5.32. The minimum Gasteiger partial charge on any atom is -0.468 e. The van der Waals surface area contributed by atoms with Crippen LogP contribution in [0.25, 0.3) is 0 Å². The predicted octanol–water partition coefficient (Wildman–Crippen LogP) is 4.76. The second kappa shape index (κ2) is 7.00. The van der Waals surface area contributed by atoms with Crippen molar-refractivity contribution in [2.75, 3.05) is 12.8 Å². The van der Waals surface area contributed by atoms with Gasteiger partial charge >= 0.3 is 0 Å². The lowest BCUT2D eigenvalue weighted by Crippen LogP contribution is -2.18. The van der Waals surface area contributed by atoms with E-state index in [2.05, 4.69) is 43.4 Å². The number of rotatable bonds is 6. The van der Waals surface area contributed by atoms with Crippen molar-refractivity contribution in [1.82, 2.24) is 5.32 Å². The lowest BCUT2D eigenvalue weighted by Gasteiger charge is -2.17. The van der Waals surface area contributed by atoms with Crippen LogP contribution in [0.2, 0.25) is 0 Å². The van der Waals surface area contributed by atoms with E-state index in [1.54, 1.807) is 6.26 Å². The van der Waals surface area contributed by atoms with E-state index in [9.17, 15) is 0 Å². The molecule has 1 aromatic heterocycles. The standard InChI is InChI=1S/C17H23NOS/c1-12(2)14-5-7-15(8-6-14)16(18-4)11-20-17-9-10-19-13(17)3/h5-10,12,16,18H,11H2,1-4H3. The molecule has 2 rings (SSSR count). The zero-order valence-corrected chi connectivity index (χ0v) is 13.5. The lowest BCUT2D eigenvalue weighted by atomic mass is 10.00. The highest BCUT2D eigenvalue weighted by molar-refractivity contribution is 7.99. The van der Waals surface area contributed by atoms with Crippen LogP contribution in [0.4, 0.5) is 0 Å². The van der Waals surface area contributed by atoms with Gasteiger partial charge in [0.15, 0.2) is 0 Å². The van der Waals surface area contributed by atoms with Gasteiger partial charge in [0, 0.05) is 16.7 Å². The summed E-state index contributed by atoms with van der Waals surface area (Å²) >= 11 is 1.84. The molecule has 108 valence electrons. The molecule has 1 unspecified atom stereocenters. The fraction of sp³-hybridized carbons (Fsp3) is 0.412. The quantitative estimate of drug-likeness (QED) is 0.776. The molecule has 0 amide bonds. The Morgan fingerprint density at radius 3 is 2.25 bits per heavy atom. The van der Waals surface area contributed by atoms with Crippen LogP contribution >= 0.6 is 11.8 Å². The van der Waals surface area contributed by atoms with Crippen molar-refractivity contribution in [1.29, 1.82) is 0 Å². The Bertz CT molecular complexity index is 530. The van der Waals surface area contributed by atoms with E-state index < -0.39 is 0 Å². The highest BCUT2D eigenvalue weighted by Gasteiger charge is 2.12. The van der Waals surface area contributed by atoms with Crippen molar-refractivity contribution in [3.05, 3.63) is 53.5 Å². The molecule has 0 bridgehead atoms. The number of thioether (sulfide) groups is 1. The maximum Gasteiger partial charge on any atom is 0.114 e. The first-order chi connectivity index (χ1) is 9.61. The molecule has 0 aliphatic heterocycles. The highest BCUT2D eigenvalue weighted by Crippen LogP contribution is 2.28. The third kappa shape index (κ3) is 3.68. The van der Waals surface area contributed by atoms with Gasteiger partial charge in [0.1, 0.15) is 5.76 Å². The van der Waals surface area contributed by atoms with Crippen molar-refractivity contribution < 1.29 is 4.42 Å². The fourth-order valence-electron chi connectivity index (χ4n) is 2.16. The van der Waals surface area contributed by atoms with Crippen LogP contribution in [0.5, 0.6) is 0 Å². The van der Waals surface area contributed by atoms with Gasteiger partial charge in [-0.15, -0.1) is 11.8 Å². The first-order valence-electron chi connectivity index (χ1n) is 7.05. The van der Waals surface area contributed by atoms with Gasteiger partial charge in [-0.25, -0.2) is 0 Å². The number of benzene rings is 1. The maximum atomic E-state index is 5.34. The van der Waals surface area contributed by atoms with Crippen LogP contribution in [-0.4, -0.2) is 12.8 Å². The molecule has 0 saturated carbocycles. The molecule has 0 fully saturated rings. The minimum absolute atomic E-state index is 0.357. The average Bonchev–Trinajstić information content (AvgIpc) is 2.85. The van der Waals surface area contributed by atoms with Crippen LogP contribution in [0.1, 0.15) is 42.7 Å². The zero-order valence-electron chi connectivity index (χ0n) is 12.6. The summed E-state index contributed by atoms with van der Waals surface area (Å²) < 4.78 is 5.34. The second-order valence-electron chi connectivity index (χ2n) is 5.31. The molecule has 20 heavy (non-hydrogen) atoms. The SMILES string of the molecule is CNC(CSc1ccoc1C)c1ccc(C(C)C)cc1. The predicted molar refractivity (Wildman–Crippen MR) is 86.5 cm³/mol. The van der Waals surface area contributed by atoms with E-state index >= 15 is 0 Å². The number of nitrogens with one attached hydrogen (secondary N) is 1. The van der Waals surface area contributed by atoms with Gasteiger partial charge in [-0.05, 0) is 37.1 Å². The van der Waals surface area contributed by atoms with Crippen LogP contribution in [-0.2, 0) is 0 Å². The van der Waals surface area contributed by atoms with Gasteiger partial charge < -0.3 is 9.73 Å². The summed E-state index contributed by atoms with van der Waals surface area (Å²) in [5, 5.41) is 3.40. The van der Waals surface area contributed by atoms with Gasteiger partial charge in [0.25, 0.3) is 0 Å². The summed E-state index contributed by atoms with van der Waals surface area (Å²) in [5.41, 5.74) is 2.73. The molecule has 1 aromatic carbocycles. The summed E-state index contributed by atoms with van der Waals surface area (Å²) in [6.07, 6.45) is 1.75. The van der Waals surface area contributed by atoms with Gasteiger partial charge in [-0.3, -0.25) is 0 Å².